The van der Waals surface area contributed by atoms with Crippen molar-refractivity contribution < 1.29 is 14.6 Å². The van der Waals surface area contributed by atoms with Crippen LogP contribution < -0.4 is 21.1 Å². The maximum Gasteiger partial charge on any atom is 0.255 e. The van der Waals surface area contributed by atoms with Gasteiger partial charge in [-0.2, -0.15) is 0 Å². The molecular weight excluding hydrogens is 294 g/mol. The quantitative estimate of drug-likeness (QED) is 0.475. The maximum atomic E-state index is 11.0. The molecule has 0 bridgehead atoms. The Morgan fingerprint density at radius 1 is 1.09 bits per heavy atom. The number of aliphatic hydroxyl groups excluding tert-OH is 1. The number of rotatable bonds is 10. The number of ether oxygens (including phenoxy) is 1. The van der Waals surface area contributed by atoms with Crippen molar-refractivity contribution in [3.05, 3.63) is 42.0 Å². The molecule has 5 N–H and O–H groups in total. The standard InChI is InChI=1S/C17H23N3O3/c18-17(22)12-23-16-6-5-13-3-1-2-4-14(13)15(16)11-20-8-7-19-9-10-21/h1-6,19-21H,7-12H2,(H2,18,22). The van der Waals surface area contributed by atoms with Gasteiger partial charge in [-0.3, -0.25) is 4.79 Å². The van der Waals surface area contributed by atoms with Gasteiger partial charge < -0.3 is 26.2 Å². The molecule has 0 aromatic heterocycles. The van der Waals surface area contributed by atoms with Crippen LogP contribution in [0, 0.1) is 0 Å². The summed E-state index contributed by atoms with van der Waals surface area (Å²) in [5, 5.41) is 17.4. The smallest absolute Gasteiger partial charge is 0.255 e. The summed E-state index contributed by atoms with van der Waals surface area (Å²) >= 11 is 0. The second kappa shape index (κ2) is 9.09. The van der Waals surface area contributed by atoms with E-state index in [-0.39, 0.29) is 13.2 Å². The fourth-order valence-electron chi connectivity index (χ4n) is 2.38. The van der Waals surface area contributed by atoms with E-state index in [1.807, 2.05) is 36.4 Å². The number of aliphatic hydroxyl groups is 1. The molecule has 0 fully saturated rings. The summed E-state index contributed by atoms with van der Waals surface area (Å²) in [5.74, 6) is 0.170. The van der Waals surface area contributed by atoms with Crippen molar-refractivity contribution >= 4 is 16.7 Å². The highest BCUT2D eigenvalue weighted by molar-refractivity contribution is 5.88. The monoisotopic (exact) mass is 317 g/mol. The van der Waals surface area contributed by atoms with Gasteiger partial charge in [-0.1, -0.05) is 30.3 Å². The van der Waals surface area contributed by atoms with Crippen molar-refractivity contribution in [2.45, 2.75) is 6.54 Å². The normalized spacial score (nSPS) is 10.8. The third kappa shape index (κ3) is 5.21. The molecule has 0 unspecified atom stereocenters. The zero-order chi connectivity index (χ0) is 16.5. The number of primary amides is 1. The van der Waals surface area contributed by atoms with Gasteiger partial charge in [0.25, 0.3) is 5.91 Å². The lowest BCUT2D eigenvalue weighted by Crippen LogP contribution is -2.29. The van der Waals surface area contributed by atoms with Gasteiger partial charge in [0.2, 0.25) is 0 Å². The third-order valence-electron chi connectivity index (χ3n) is 3.44. The highest BCUT2D eigenvalue weighted by atomic mass is 16.5. The Morgan fingerprint density at radius 2 is 1.87 bits per heavy atom. The van der Waals surface area contributed by atoms with Gasteiger partial charge in [-0.25, -0.2) is 0 Å². The van der Waals surface area contributed by atoms with E-state index in [4.69, 9.17) is 15.6 Å². The Morgan fingerprint density at radius 3 is 2.65 bits per heavy atom. The van der Waals surface area contributed by atoms with E-state index in [1.165, 1.54) is 0 Å². The van der Waals surface area contributed by atoms with Gasteiger partial charge in [-0.05, 0) is 16.8 Å². The van der Waals surface area contributed by atoms with Crippen LogP contribution in [-0.4, -0.2) is 43.9 Å². The van der Waals surface area contributed by atoms with Crippen molar-refractivity contribution in [2.24, 2.45) is 5.73 Å². The van der Waals surface area contributed by atoms with Crippen molar-refractivity contribution in [2.75, 3.05) is 32.8 Å². The van der Waals surface area contributed by atoms with Crippen LogP contribution in [0.1, 0.15) is 5.56 Å². The molecular formula is C17H23N3O3. The molecule has 0 spiro atoms. The SMILES string of the molecule is NC(=O)COc1ccc2ccccc2c1CNCCNCCO. The fraction of sp³-hybridized carbons (Fsp3) is 0.353. The molecule has 124 valence electrons. The molecule has 0 atom stereocenters. The van der Waals surface area contributed by atoms with Crippen LogP contribution in [0.15, 0.2) is 36.4 Å². The summed E-state index contributed by atoms with van der Waals surface area (Å²) in [7, 11) is 0. The van der Waals surface area contributed by atoms with Gasteiger partial charge in [0, 0.05) is 31.7 Å². The highest BCUT2D eigenvalue weighted by Gasteiger charge is 2.09. The predicted molar refractivity (Wildman–Crippen MR) is 90.3 cm³/mol. The Hall–Kier alpha value is -2.15. The number of amides is 1. The number of carbonyl (C=O) groups is 1. The summed E-state index contributed by atoms with van der Waals surface area (Å²) in [6, 6.07) is 11.9. The Kier molecular flexibility index (Phi) is 6.80. The van der Waals surface area contributed by atoms with Gasteiger partial charge in [0.05, 0.1) is 6.61 Å². The summed E-state index contributed by atoms with van der Waals surface area (Å²) in [4.78, 5) is 11.0. The third-order valence-corrected chi connectivity index (χ3v) is 3.44. The van der Waals surface area contributed by atoms with Gasteiger partial charge in [0.1, 0.15) is 5.75 Å². The number of hydrogen-bond acceptors (Lipinski definition) is 5. The molecule has 0 saturated carbocycles. The first kappa shape index (κ1) is 17.2. The minimum atomic E-state index is -0.495. The summed E-state index contributed by atoms with van der Waals surface area (Å²) < 4.78 is 5.54. The number of nitrogens with two attached hydrogens (primary N) is 1. The lowest BCUT2D eigenvalue weighted by atomic mass is 10.0. The molecule has 0 aliphatic carbocycles. The van der Waals surface area contributed by atoms with Crippen molar-refractivity contribution in [1.29, 1.82) is 0 Å². The average molecular weight is 317 g/mol. The first-order valence-corrected chi connectivity index (χ1v) is 7.66. The molecule has 6 heteroatoms. The van der Waals surface area contributed by atoms with Crippen LogP contribution in [0.2, 0.25) is 0 Å². The number of fused-ring (bicyclic) bond motifs is 1. The zero-order valence-corrected chi connectivity index (χ0v) is 13.0. The number of benzene rings is 2. The van der Waals surface area contributed by atoms with Crippen LogP contribution >= 0.6 is 0 Å². The molecule has 2 rings (SSSR count). The van der Waals surface area contributed by atoms with Gasteiger partial charge in [-0.15, -0.1) is 0 Å². The molecule has 2 aromatic rings. The van der Waals surface area contributed by atoms with Crippen LogP contribution in [-0.2, 0) is 11.3 Å². The Bertz CT molecular complexity index is 646. The van der Waals surface area contributed by atoms with Crippen molar-refractivity contribution in [3.63, 3.8) is 0 Å². The Labute approximate surface area is 135 Å². The van der Waals surface area contributed by atoms with E-state index in [0.717, 1.165) is 29.4 Å². The van der Waals surface area contributed by atoms with Crippen molar-refractivity contribution in [1.82, 2.24) is 10.6 Å². The fourth-order valence-corrected chi connectivity index (χ4v) is 2.38. The number of hydrogen-bond donors (Lipinski definition) is 4. The maximum absolute atomic E-state index is 11.0. The largest absolute Gasteiger partial charge is 0.483 e. The first-order chi connectivity index (χ1) is 11.2. The zero-order valence-electron chi connectivity index (χ0n) is 13.0. The van der Waals surface area contributed by atoms with Gasteiger partial charge >= 0.3 is 0 Å². The molecule has 0 saturated heterocycles. The number of carbonyl (C=O) groups excluding carboxylic acids is 1. The molecule has 0 aliphatic heterocycles. The summed E-state index contributed by atoms with van der Waals surface area (Å²) in [5.41, 5.74) is 6.17. The van der Waals surface area contributed by atoms with Crippen LogP contribution in [0.5, 0.6) is 5.75 Å². The second-order valence-corrected chi connectivity index (χ2v) is 5.17. The molecule has 0 radical (unpaired) electrons. The molecule has 6 nitrogen and oxygen atoms in total. The van der Waals surface area contributed by atoms with E-state index in [0.29, 0.717) is 18.8 Å². The van der Waals surface area contributed by atoms with Gasteiger partial charge in [0.15, 0.2) is 6.61 Å². The van der Waals surface area contributed by atoms with Crippen molar-refractivity contribution in [3.8, 4) is 5.75 Å². The lowest BCUT2D eigenvalue weighted by Gasteiger charge is -2.14. The molecule has 1 amide bonds. The molecule has 2 aromatic carbocycles. The highest BCUT2D eigenvalue weighted by Crippen LogP contribution is 2.28. The van der Waals surface area contributed by atoms with Crippen LogP contribution in [0.25, 0.3) is 10.8 Å². The first-order valence-electron chi connectivity index (χ1n) is 7.66. The van der Waals surface area contributed by atoms with Crippen LogP contribution in [0.3, 0.4) is 0 Å². The molecule has 23 heavy (non-hydrogen) atoms. The summed E-state index contributed by atoms with van der Waals surface area (Å²) in [6.45, 7) is 2.73. The minimum absolute atomic E-state index is 0.133. The Balaban J connectivity index is 2.09. The molecule has 0 aliphatic rings. The summed E-state index contributed by atoms with van der Waals surface area (Å²) in [6.07, 6.45) is 0. The van der Waals surface area contributed by atoms with E-state index in [1.54, 1.807) is 0 Å². The predicted octanol–water partition coefficient (Wildman–Crippen LogP) is 0.375. The van der Waals surface area contributed by atoms with E-state index >= 15 is 0 Å². The minimum Gasteiger partial charge on any atom is -0.483 e. The lowest BCUT2D eigenvalue weighted by molar-refractivity contribution is -0.119. The average Bonchev–Trinajstić information content (AvgIpc) is 2.56. The molecule has 0 heterocycles. The van der Waals surface area contributed by atoms with E-state index in [2.05, 4.69) is 10.6 Å². The second-order valence-electron chi connectivity index (χ2n) is 5.17. The van der Waals surface area contributed by atoms with E-state index in [9.17, 15) is 4.79 Å². The topological polar surface area (TPSA) is 96.6 Å². The number of nitrogens with one attached hydrogen (secondary N) is 2. The van der Waals surface area contributed by atoms with E-state index < -0.39 is 5.91 Å². The van der Waals surface area contributed by atoms with Crippen LogP contribution in [0.4, 0.5) is 0 Å².